The van der Waals surface area contributed by atoms with Crippen molar-refractivity contribution in [2.24, 2.45) is 0 Å². The van der Waals surface area contributed by atoms with Crippen LogP contribution in [0.2, 0.25) is 0 Å². The fraction of sp³-hybridized carbons (Fsp3) is 0.389. The number of carbonyl (C=O) groups is 1. The zero-order valence-electron chi connectivity index (χ0n) is 14.7. The smallest absolute Gasteiger partial charge is 0.356 e. The minimum Gasteiger partial charge on any atom is -0.356 e. The van der Waals surface area contributed by atoms with Gasteiger partial charge in [0.05, 0.1) is 18.0 Å². The highest BCUT2D eigenvalue weighted by Gasteiger charge is 2.62. The fourth-order valence-electron chi connectivity index (χ4n) is 2.67. The third-order valence-corrected chi connectivity index (χ3v) is 4.02. The summed E-state index contributed by atoms with van der Waals surface area (Å²) < 4.78 is 47.7. The second-order valence-corrected chi connectivity index (χ2v) is 5.81. The van der Waals surface area contributed by atoms with Crippen LogP contribution in [0.15, 0.2) is 42.7 Å². The molecular formula is C18H19F3N4O2. The molecule has 1 N–H and O–H groups in total. The van der Waals surface area contributed by atoms with Crippen molar-refractivity contribution in [1.29, 1.82) is 5.26 Å². The van der Waals surface area contributed by atoms with E-state index in [1.807, 2.05) is 6.07 Å². The van der Waals surface area contributed by atoms with E-state index in [4.69, 9.17) is 10.00 Å². The maximum Gasteiger partial charge on any atom is 0.430 e. The average Bonchev–Trinajstić information content (AvgIpc) is 3.07. The summed E-state index contributed by atoms with van der Waals surface area (Å²) >= 11 is 0. The van der Waals surface area contributed by atoms with Crippen LogP contribution in [-0.2, 0) is 21.7 Å². The second kappa shape index (κ2) is 8.68. The molecule has 0 aliphatic heterocycles. The Kier molecular flexibility index (Phi) is 6.58. The summed E-state index contributed by atoms with van der Waals surface area (Å²) in [5.74, 6) is -1.35. The van der Waals surface area contributed by atoms with Crippen LogP contribution < -0.4 is 5.32 Å². The summed E-state index contributed by atoms with van der Waals surface area (Å²) in [5, 5.41) is 14.8. The number of nitriles is 1. The van der Waals surface area contributed by atoms with E-state index in [9.17, 15) is 18.0 Å². The molecule has 2 aromatic rings. The van der Waals surface area contributed by atoms with Crippen LogP contribution in [-0.4, -0.2) is 29.0 Å². The van der Waals surface area contributed by atoms with Gasteiger partial charge in [-0.05, 0) is 12.8 Å². The van der Waals surface area contributed by atoms with E-state index >= 15 is 0 Å². The molecule has 1 heterocycles. The molecule has 0 saturated carbocycles. The number of amides is 1. The Morgan fingerprint density at radius 3 is 2.59 bits per heavy atom. The summed E-state index contributed by atoms with van der Waals surface area (Å²) in [6.07, 6.45) is -0.468. The Hall–Kier alpha value is -2.86. The molecule has 0 fully saturated rings. The largest absolute Gasteiger partial charge is 0.430 e. The number of anilines is 1. The van der Waals surface area contributed by atoms with Crippen molar-refractivity contribution in [3.05, 3.63) is 48.3 Å². The van der Waals surface area contributed by atoms with Crippen molar-refractivity contribution in [2.75, 3.05) is 12.4 Å². The first-order chi connectivity index (χ1) is 12.8. The molecule has 1 atom stereocenters. The number of nitrogens with zero attached hydrogens (tertiary/aromatic N) is 3. The number of ether oxygens (including phenoxy) is 1. The number of halogens is 3. The van der Waals surface area contributed by atoms with Crippen LogP contribution in [0.25, 0.3) is 0 Å². The number of hydrogen-bond donors (Lipinski definition) is 1. The van der Waals surface area contributed by atoms with Crippen molar-refractivity contribution in [2.45, 2.75) is 37.6 Å². The molecule has 0 saturated heterocycles. The molecule has 9 heteroatoms. The lowest BCUT2D eigenvalue weighted by molar-refractivity contribution is -0.263. The number of methoxy groups -OCH3 is 1. The van der Waals surface area contributed by atoms with Crippen molar-refractivity contribution >= 4 is 11.6 Å². The van der Waals surface area contributed by atoms with Gasteiger partial charge in [-0.3, -0.25) is 9.48 Å². The zero-order chi connectivity index (χ0) is 19.9. The van der Waals surface area contributed by atoms with Crippen molar-refractivity contribution in [3.8, 4) is 6.07 Å². The Balaban J connectivity index is 2.20. The number of aromatic nitrogens is 2. The highest BCUT2D eigenvalue weighted by molar-refractivity contribution is 5.98. The monoisotopic (exact) mass is 380 g/mol. The van der Waals surface area contributed by atoms with Gasteiger partial charge < -0.3 is 10.1 Å². The quantitative estimate of drug-likeness (QED) is 0.710. The molecule has 0 radical (unpaired) electrons. The first kappa shape index (κ1) is 20.5. The van der Waals surface area contributed by atoms with E-state index < -0.39 is 17.7 Å². The Morgan fingerprint density at radius 2 is 2.00 bits per heavy atom. The SMILES string of the molecule is COC(C(=O)Nc1cnn(CCCCC#N)c1)(c1ccccc1)C(F)(F)F. The van der Waals surface area contributed by atoms with E-state index in [1.165, 1.54) is 41.3 Å². The molecular weight excluding hydrogens is 361 g/mol. The normalized spacial score (nSPS) is 13.6. The van der Waals surface area contributed by atoms with Gasteiger partial charge in [-0.25, -0.2) is 0 Å². The number of alkyl halides is 3. The Morgan fingerprint density at radius 1 is 1.30 bits per heavy atom. The lowest BCUT2D eigenvalue weighted by Crippen LogP contribution is -2.53. The maximum absolute atomic E-state index is 13.8. The molecule has 2 rings (SSSR count). The van der Waals surface area contributed by atoms with Crippen molar-refractivity contribution < 1.29 is 22.7 Å². The van der Waals surface area contributed by atoms with Crippen LogP contribution in [0.3, 0.4) is 0 Å². The Bertz CT molecular complexity index is 799. The van der Waals surface area contributed by atoms with E-state index in [-0.39, 0.29) is 11.3 Å². The van der Waals surface area contributed by atoms with E-state index in [0.29, 0.717) is 25.8 Å². The summed E-state index contributed by atoms with van der Waals surface area (Å²) in [6.45, 7) is 0.491. The first-order valence-electron chi connectivity index (χ1n) is 8.23. The fourth-order valence-corrected chi connectivity index (χ4v) is 2.67. The molecule has 0 aliphatic rings. The number of aryl methyl sites for hydroxylation is 1. The topological polar surface area (TPSA) is 79.9 Å². The molecule has 1 unspecified atom stereocenters. The van der Waals surface area contributed by atoms with Gasteiger partial charge in [0.15, 0.2) is 0 Å². The zero-order valence-corrected chi connectivity index (χ0v) is 14.7. The molecule has 0 aliphatic carbocycles. The van der Waals surface area contributed by atoms with Crippen molar-refractivity contribution in [3.63, 3.8) is 0 Å². The van der Waals surface area contributed by atoms with Crippen LogP contribution in [0.4, 0.5) is 18.9 Å². The number of benzene rings is 1. The summed E-state index contributed by atoms with van der Waals surface area (Å²) in [5.41, 5.74) is -3.33. The average molecular weight is 380 g/mol. The second-order valence-electron chi connectivity index (χ2n) is 5.81. The molecule has 1 aromatic heterocycles. The highest BCUT2D eigenvalue weighted by atomic mass is 19.4. The molecule has 0 spiro atoms. The molecule has 144 valence electrons. The van der Waals surface area contributed by atoms with E-state index in [2.05, 4.69) is 10.4 Å². The number of rotatable bonds is 8. The van der Waals surface area contributed by atoms with Gasteiger partial charge in [0.1, 0.15) is 0 Å². The highest BCUT2D eigenvalue weighted by Crippen LogP contribution is 2.42. The van der Waals surface area contributed by atoms with Gasteiger partial charge in [0, 0.05) is 31.8 Å². The van der Waals surface area contributed by atoms with Gasteiger partial charge >= 0.3 is 6.18 Å². The molecule has 27 heavy (non-hydrogen) atoms. The third-order valence-electron chi connectivity index (χ3n) is 4.02. The number of carbonyl (C=O) groups excluding carboxylic acids is 1. The lowest BCUT2D eigenvalue weighted by Gasteiger charge is -2.33. The minimum atomic E-state index is -4.97. The standard InChI is InChI=1S/C18H19F3N4O2/c1-27-17(18(19,20)21,14-8-4-2-5-9-14)16(26)24-15-12-23-25(13-15)11-7-3-6-10-22/h2,4-5,8-9,12-13H,3,6-7,11H2,1H3,(H,24,26). The van der Waals surface area contributed by atoms with Crippen LogP contribution in [0.5, 0.6) is 0 Å². The molecule has 1 amide bonds. The number of nitrogens with one attached hydrogen (secondary N) is 1. The lowest BCUT2D eigenvalue weighted by atomic mass is 9.91. The molecule has 0 bridgehead atoms. The third kappa shape index (κ3) is 4.46. The van der Waals surface area contributed by atoms with E-state index in [1.54, 1.807) is 6.07 Å². The number of hydrogen-bond acceptors (Lipinski definition) is 4. The van der Waals surface area contributed by atoms with E-state index in [0.717, 1.165) is 7.11 Å². The first-order valence-corrected chi connectivity index (χ1v) is 8.23. The van der Waals surface area contributed by atoms with Gasteiger partial charge in [-0.2, -0.15) is 23.5 Å². The van der Waals surface area contributed by atoms with Gasteiger partial charge in [0.2, 0.25) is 0 Å². The van der Waals surface area contributed by atoms with Gasteiger partial charge in [-0.1, -0.05) is 30.3 Å². The minimum absolute atomic E-state index is 0.127. The predicted octanol–water partition coefficient (Wildman–Crippen LogP) is 3.62. The van der Waals surface area contributed by atoms with Gasteiger partial charge in [0.25, 0.3) is 11.5 Å². The van der Waals surface area contributed by atoms with Crippen LogP contribution in [0.1, 0.15) is 24.8 Å². The number of unbranched alkanes of at least 4 members (excludes halogenated alkanes) is 2. The predicted molar refractivity (Wildman–Crippen MR) is 91.5 cm³/mol. The van der Waals surface area contributed by atoms with Crippen LogP contribution >= 0.6 is 0 Å². The maximum atomic E-state index is 13.8. The van der Waals surface area contributed by atoms with Gasteiger partial charge in [-0.15, -0.1) is 0 Å². The van der Waals surface area contributed by atoms with Crippen molar-refractivity contribution in [1.82, 2.24) is 9.78 Å². The van der Waals surface area contributed by atoms with Crippen LogP contribution in [0, 0.1) is 11.3 Å². The molecule has 1 aromatic carbocycles. The summed E-state index contributed by atoms with van der Waals surface area (Å²) in [7, 11) is 0.846. The summed E-state index contributed by atoms with van der Waals surface area (Å²) in [6, 6.07) is 8.77. The summed E-state index contributed by atoms with van der Waals surface area (Å²) in [4.78, 5) is 12.6. The Labute approximate surface area is 154 Å². The molecule has 6 nitrogen and oxygen atoms in total.